The molecule has 0 radical (unpaired) electrons. The number of benzene rings is 2. The first-order valence-electron chi connectivity index (χ1n) is 5.60. The van der Waals surface area contributed by atoms with E-state index in [0.717, 1.165) is 11.1 Å². The van der Waals surface area contributed by atoms with Crippen molar-refractivity contribution in [3.05, 3.63) is 53.6 Å². The predicted molar refractivity (Wildman–Crippen MR) is 70.1 cm³/mol. The molecule has 3 nitrogen and oxygen atoms in total. The number of carboxylic acids is 1. The standard InChI is InChI=1S/C15H14O3/c1-10-3-5-11(6-4-10)14-9-12(18-2)7-8-13(14)15(16)17/h3-9H,1-2H3,(H,16,17). The van der Waals surface area contributed by atoms with Crippen molar-refractivity contribution in [1.82, 2.24) is 0 Å². The second-order valence-electron chi connectivity index (χ2n) is 4.08. The van der Waals surface area contributed by atoms with E-state index in [1.54, 1.807) is 25.3 Å². The third kappa shape index (κ3) is 2.35. The van der Waals surface area contributed by atoms with E-state index in [1.165, 1.54) is 0 Å². The quantitative estimate of drug-likeness (QED) is 0.897. The zero-order valence-electron chi connectivity index (χ0n) is 10.3. The van der Waals surface area contributed by atoms with Gasteiger partial charge in [-0.3, -0.25) is 0 Å². The molecular weight excluding hydrogens is 228 g/mol. The van der Waals surface area contributed by atoms with Gasteiger partial charge in [0.1, 0.15) is 5.75 Å². The highest BCUT2D eigenvalue weighted by atomic mass is 16.5. The average molecular weight is 242 g/mol. The SMILES string of the molecule is COc1ccc(C(=O)O)c(-c2ccc(C)cc2)c1. The Hall–Kier alpha value is -2.29. The number of carbonyl (C=O) groups is 1. The number of aryl methyl sites for hydroxylation is 1. The molecule has 0 aromatic heterocycles. The van der Waals surface area contributed by atoms with Gasteiger partial charge in [0.05, 0.1) is 12.7 Å². The Labute approximate surface area is 106 Å². The fourth-order valence-electron chi connectivity index (χ4n) is 1.81. The van der Waals surface area contributed by atoms with E-state index in [1.807, 2.05) is 31.2 Å². The van der Waals surface area contributed by atoms with Crippen molar-refractivity contribution < 1.29 is 14.6 Å². The van der Waals surface area contributed by atoms with Crippen molar-refractivity contribution in [1.29, 1.82) is 0 Å². The van der Waals surface area contributed by atoms with E-state index in [0.29, 0.717) is 11.3 Å². The van der Waals surface area contributed by atoms with Crippen LogP contribution in [0.15, 0.2) is 42.5 Å². The first-order valence-corrected chi connectivity index (χ1v) is 5.60. The summed E-state index contributed by atoms with van der Waals surface area (Å²) in [5.74, 6) is -0.288. The summed E-state index contributed by atoms with van der Waals surface area (Å²) in [7, 11) is 1.56. The third-order valence-electron chi connectivity index (χ3n) is 2.82. The predicted octanol–water partition coefficient (Wildman–Crippen LogP) is 3.37. The lowest BCUT2D eigenvalue weighted by Gasteiger charge is -2.09. The summed E-state index contributed by atoms with van der Waals surface area (Å²) in [6.45, 7) is 1.99. The van der Waals surface area contributed by atoms with Gasteiger partial charge in [-0.05, 0) is 36.2 Å². The highest BCUT2D eigenvalue weighted by molar-refractivity contribution is 5.96. The van der Waals surface area contributed by atoms with Crippen LogP contribution in [0.1, 0.15) is 15.9 Å². The topological polar surface area (TPSA) is 46.5 Å². The minimum atomic E-state index is -0.937. The van der Waals surface area contributed by atoms with Crippen LogP contribution < -0.4 is 4.74 Å². The second kappa shape index (κ2) is 4.92. The highest BCUT2D eigenvalue weighted by Gasteiger charge is 2.12. The molecule has 0 saturated heterocycles. The zero-order valence-corrected chi connectivity index (χ0v) is 10.3. The van der Waals surface area contributed by atoms with Crippen molar-refractivity contribution in [2.24, 2.45) is 0 Å². The van der Waals surface area contributed by atoms with Crippen LogP contribution in [0.25, 0.3) is 11.1 Å². The van der Waals surface area contributed by atoms with Crippen molar-refractivity contribution in [3.63, 3.8) is 0 Å². The van der Waals surface area contributed by atoms with Crippen molar-refractivity contribution in [2.45, 2.75) is 6.92 Å². The van der Waals surface area contributed by atoms with Gasteiger partial charge in [0.15, 0.2) is 0 Å². The Morgan fingerprint density at radius 2 is 1.78 bits per heavy atom. The Balaban J connectivity index is 2.59. The number of hydrogen-bond donors (Lipinski definition) is 1. The maximum Gasteiger partial charge on any atom is 0.336 e. The summed E-state index contributed by atoms with van der Waals surface area (Å²) >= 11 is 0. The van der Waals surface area contributed by atoms with Crippen LogP contribution >= 0.6 is 0 Å². The van der Waals surface area contributed by atoms with Crippen LogP contribution in [-0.4, -0.2) is 18.2 Å². The van der Waals surface area contributed by atoms with Crippen molar-refractivity contribution in [2.75, 3.05) is 7.11 Å². The third-order valence-corrected chi connectivity index (χ3v) is 2.82. The molecule has 0 spiro atoms. The number of ether oxygens (including phenoxy) is 1. The molecule has 1 N–H and O–H groups in total. The normalized spacial score (nSPS) is 10.1. The molecule has 0 bridgehead atoms. The van der Waals surface area contributed by atoms with Crippen LogP contribution in [0.2, 0.25) is 0 Å². The lowest BCUT2D eigenvalue weighted by atomic mass is 9.98. The fourth-order valence-corrected chi connectivity index (χ4v) is 1.81. The maximum atomic E-state index is 11.2. The number of aromatic carboxylic acids is 1. The summed E-state index contributed by atoms with van der Waals surface area (Å²) in [4.78, 5) is 11.2. The molecule has 0 amide bonds. The molecule has 0 heterocycles. The Bertz CT molecular complexity index is 571. The van der Waals surface area contributed by atoms with Gasteiger partial charge in [-0.25, -0.2) is 4.79 Å². The molecular formula is C15H14O3. The minimum absolute atomic E-state index is 0.277. The highest BCUT2D eigenvalue weighted by Crippen LogP contribution is 2.28. The first-order chi connectivity index (χ1) is 8.61. The average Bonchev–Trinajstić information content (AvgIpc) is 2.38. The fraction of sp³-hybridized carbons (Fsp3) is 0.133. The summed E-state index contributed by atoms with van der Waals surface area (Å²) < 4.78 is 5.14. The number of hydrogen-bond acceptors (Lipinski definition) is 2. The maximum absolute atomic E-state index is 11.2. The molecule has 0 unspecified atom stereocenters. The number of methoxy groups -OCH3 is 1. The van der Waals surface area contributed by atoms with Crippen LogP contribution in [-0.2, 0) is 0 Å². The van der Waals surface area contributed by atoms with Gasteiger partial charge in [-0.2, -0.15) is 0 Å². The van der Waals surface area contributed by atoms with Gasteiger partial charge < -0.3 is 9.84 Å². The Kier molecular flexibility index (Phi) is 3.33. The monoisotopic (exact) mass is 242 g/mol. The van der Waals surface area contributed by atoms with Gasteiger partial charge in [0, 0.05) is 0 Å². The van der Waals surface area contributed by atoms with Gasteiger partial charge in [-0.15, -0.1) is 0 Å². The summed E-state index contributed by atoms with van der Waals surface area (Å²) in [6.07, 6.45) is 0. The lowest BCUT2D eigenvalue weighted by molar-refractivity contribution is 0.0697. The molecule has 0 aliphatic carbocycles. The molecule has 92 valence electrons. The largest absolute Gasteiger partial charge is 0.497 e. The molecule has 0 aliphatic heterocycles. The van der Waals surface area contributed by atoms with Crippen molar-refractivity contribution >= 4 is 5.97 Å². The van der Waals surface area contributed by atoms with Crippen LogP contribution in [0, 0.1) is 6.92 Å². The first kappa shape index (κ1) is 12.2. The van der Waals surface area contributed by atoms with E-state index in [-0.39, 0.29) is 5.56 Å². The van der Waals surface area contributed by atoms with E-state index in [2.05, 4.69) is 0 Å². The van der Waals surface area contributed by atoms with Gasteiger partial charge in [-0.1, -0.05) is 29.8 Å². The molecule has 18 heavy (non-hydrogen) atoms. The van der Waals surface area contributed by atoms with E-state index < -0.39 is 5.97 Å². The van der Waals surface area contributed by atoms with Crippen molar-refractivity contribution in [3.8, 4) is 16.9 Å². The molecule has 0 atom stereocenters. The van der Waals surface area contributed by atoms with Gasteiger partial charge in [0.25, 0.3) is 0 Å². The number of carboxylic acid groups (broad SMARTS) is 1. The summed E-state index contributed by atoms with van der Waals surface area (Å²) in [6, 6.07) is 12.7. The molecule has 0 saturated carbocycles. The van der Waals surface area contributed by atoms with E-state index in [9.17, 15) is 9.90 Å². The second-order valence-corrected chi connectivity index (χ2v) is 4.08. The summed E-state index contributed by atoms with van der Waals surface area (Å²) in [5.41, 5.74) is 2.96. The number of rotatable bonds is 3. The molecule has 2 aromatic rings. The van der Waals surface area contributed by atoms with Crippen LogP contribution in [0.4, 0.5) is 0 Å². The lowest BCUT2D eigenvalue weighted by Crippen LogP contribution is -2.00. The van der Waals surface area contributed by atoms with Crippen LogP contribution in [0.3, 0.4) is 0 Å². The smallest absolute Gasteiger partial charge is 0.336 e. The summed E-state index contributed by atoms with van der Waals surface area (Å²) in [5, 5.41) is 9.20. The van der Waals surface area contributed by atoms with E-state index >= 15 is 0 Å². The molecule has 3 heteroatoms. The Morgan fingerprint density at radius 1 is 1.11 bits per heavy atom. The van der Waals surface area contributed by atoms with Gasteiger partial charge in [0.2, 0.25) is 0 Å². The minimum Gasteiger partial charge on any atom is -0.497 e. The molecule has 2 rings (SSSR count). The zero-order chi connectivity index (χ0) is 13.1. The Morgan fingerprint density at radius 3 is 2.33 bits per heavy atom. The van der Waals surface area contributed by atoms with Crippen LogP contribution in [0.5, 0.6) is 5.75 Å². The van der Waals surface area contributed by atoms with E-state index in [4.69, 9.17) is 4.74 Å². The van der Waals surface area contributed by atoms with Gasteiger partial charge >= 0.3 is 5.97 Å². The molecule has 2 aromatic carbocycles. The molecule has 0 fully saturated rings. The molecule has 0 aliphatic rings.